The van der Waals surface area contributed by atoms with Gasteiger partial charge in [0, 0.05) is 13.1 Å². The van der Waals surface area contributed by atoms with Gasteiger partial charge >= 0.3 is 5.97 Å². The van der Waals surface area contributed by atoms with Crippen molar-refractivity contribution in [3.05, 3.63) is 34.9 Å². The van der Waals surface area contributed by atoms with E-state index in [4.69, 9.17) is 5.11 Å². The van der Waals surface area contributed by atoms with Crippen LogP contribution in [0.25, 0.3) is 0 Å². The molecule has 0 aromatic heterocycles. The first-order chi connectivity index (χ1) is 7.19. The summed E-state index contributed by atoms with van der Waals surface area (Å²) in [5, 5.41) is 8.70. The maximum Gasteiger partial charge on any atom is 0.307 e. The van der Waals surface area contributed by atoms with E-state index >= 15 is 0 Å². The van der Waals surface area contributed by atoms with Gasteiger partial charge in [-0.1, -0.05) is 25.1 Å². The van der Waals surface area contributed by atoms with Crippen LogP contribution in [0.2, 0.25) is 0 Å². The summed E-state index contributed by atoms with van der Waals surface area (Å²) in [5.41, 5.74) is 3.53. The molecule has 0 fully saturated rings. The molecule has 3 heteroatoms. The lowest BCUT2D eigenvalue weighted by Gasteiger charge is -2.09. The van der Waals surface area contributed by atoms with Gasteiger partial charge in [0.25, 0.3) is 0 Å². The van der Waals surface area contributed by atoms with Gasteiger partial charge in [-0.2, -0.15) is 0 Å². The molecule has 1 aliphatic heterocycles. The second kappa shape index (κ2) is 4.03. The molecule has 0 spiro atoms. The number of fused-ring (bicyclic) bond motifs is 1. The van der Waals surface area contributed by atoms with Crippen molar-refractivity contribution in [2.45, 2.75) is 26.4 Å². The van der Waals surface area contributed by atoms with Gasteiger partial charge in [0.1, 0.15) is 0 Å². The minimum atomic E-state index is -0.764. The van der Waals surface area contributed by atoms with E-state index in [0.717, 1.165) is 25.2 Å². The van der Waals surface area contributed by atoms with Gasteiger partial charge in [-0.15, -0.1) is 0 Å². The van der Waals surface area contributed by atoms with E-state index in [1.807, 2.05) is 12.1 Å². The summed E-state index contributed by atoms with van der Waals surface area (Å²) >= 11 is 0. The molecule has 1 aliphatic rings. The molecule has 80 valence electrons. The lowest BCUT2D eigenvalue weighted by atomic mass is 10.0. The summed E-state index contributed by atoms with van der Waals surface area (Å²) in [7, 11) is 0. The lowest BCUT2D eigenvalue weighted by Crippen LogP contribution is -2.14. The minimum Gasteiger partial charge on any atom is -0.481 e. The molecule has 2 rings (SSSR count). The van der Waals surface area contributed by atoms with Gasteiger partial charge in [0.05, 0.1) is 6.42 Å². The third-order valence-corrected chi connectivity index (χ3v) is 2.86. The molecule has 1 heterocycles. The molecule has 0 aliphatic carbocycles. The average Bonchev–Trinajstić information content (AvgIpc) is 2.58. The van der Waals surface area contributed by atoms with Crippen LogP contribution in [0.4, 0.5) is 0 Å². The molecule has 3 nitrogen and oxygen atoms in total. The Morgan fingerprint density at radius 1 is 1.40 bits per heavy atom. The zero-order valence-corrected chi connectivity index (χ0v) is 8.86. The Hall–Kier alpha value is -1.35. The van der Waals surface area contributed by atoms with Crippen molar-refractivity contribution in [2.75, 3.05) is 6.54 Å². The number of carbonyl (C=O) groups is 1. The van der Waals surface area contributed by atoms with Crippen LogP contribution in [-0.2, 0) is 24.3 Å². The van der Waals surface area contributed by atoms with E-state index in [-0.39, 0.29) is 6.42 Å². The Kier molecular flexibility index (Phi) is 2.73. The highest BCUT2D eigenvalue weighted by Gasteiger charge is 2.17. The van der Waals surface area contributed by atoms with Gasteiger partial charge in [0.2, 0.25) is 0 Å². The molecule has 0 radical (unpaired) electrons. The molecule has 0 bridgehead atoms. The Morgan fingerprint density at radius 3 is 2.80 bits per heavy atom. The van der Waals surface area contributed by atoms with Crippen LogP contribution in [0.5, 0.6) is 0 Å². The smallest absolute Gasteiger partial charge is 0.307 e. The molecule has 1 aromatic carbocycles. The maximum absolute atomic E-state index is 10.6. The number of aliphatic carboxylic acids is 1. The summed E-state index contributed by atoms with van der Waals surface area (Å²) in [6, 6.07) is 6.01. The van der Waals surface area contributed by atoms with Gasteiger partial charge in [-0.05, 0) is 23.2 Å². The molecule has 0 saturated heterocycles. The number of hydrogen-bond acceptors (Lipinski definition) is 2. The number of nitrogens with zero attached hydrogens (tertiary/aromatic N) is 1. The molecular formula is C12H15NO2. The molecule has 0 saturated carbocycles. The molecule has 15 heavy (non-hydrogen) atoms. The Balaban J connectivity index is 2.18. The number of carboxylic acid groups (broad SMARTS) is 1. The lowest BCUT2D eigenvalue weighted by molar-refractivity contribution is -0.136. The fourth-order valence-corrected chi connectivity index (χ4v) is 2.03. The van der Waals surface area contributed by atoms with Crippen LogP contribution in [0, 0.1) is 0 Å². The number of hydrogen-bond donors (Lipinski definition) is 1. The Morgan fingerprint density at radius 2 is 2.13 bits per heavy atom. The zero-order valence-electron chi connectivity index (χ0n) is 8.86. The third-order valence-electron chi connectivity index (χ3n) is 2.86. The molecule has 1 aromatic rings. The van der Waals surface area contributed by atoms with Crippen molar-refractivity contribution in [1.82, 2.24) is 4.90 Å². The van der Waals surface area contributed by atoms with E-state index in [1.54, 1.807) is 0 Å². The average molecular weight is 205 g/mol. The van der Waals surface area contributed by atoms with E-state index in [2.05, 4.69) is 17.9 Å². The number of rotatable bonds is 3. The summed E-state index contributed by atoms with van der Waals surface area (Å²) in [5.74, 6) is -0.764. The maximum atomic E-state index is 10.6. The molecule has 0 unspecified atom stereocenters. The second-order valence-electron chi connectivity index (χ2n) is 3.98. The summed E-state index contributed by atoms with van der Waals surface area (Å²) in [4.78, 5) is 12.9. The van der Waals surface area contributed by atoms with Gasteiger partial charge < -0.3 is 5.11 Å². The highest BCUT2D eigenvalue weighted by Crippen LogP contribution is 2.23. The molecule has 1 N–H and O–H groups in total. The first-order valence-electron chi connectivity index (χ1n) is 5.24. The van der Waals surface area contributed by atoms with Crippen LogP contribution < -0.4 is 0 Å². The van der Waals surface area contributed by atoms with Crippen molar-refractivity contribution < 1.29 is 9.90 Å². The second-order valence-corrected chi connectivity index (χ2v) is 3.98. The quantitative estimate of drug-likeness (QED) is 0.815. The normalized spacial score (nSPS) is 15.3. The first kappa shape index (κ1) is 10.2. The molecule has 0 atom stereocenters. The summed E-state index contributed by atoms with van der Waals surface area (Å²) < 4.78 is 0. The van der Waals surface area contributed by atoms with Crippen LogP contribution in [0.15, 0.2) is 18.2 Å². The van der Waals surface area contributed by atoms with Crippen molar-refractivity contribution in [3.8, 4) is 0 Å². The van der Waals surface area contributed by atoms with Crippen molar-refractivity contribution in [2.24, 2.45) is 0 Å². The van der Waals surface area contributed by atoms with Crippen molar-refractivity contribution >= 4 is 5.97 Å². The summed E-state index contributed by atoms with van der Waals surface area (Å²) in [6.07, 6.45) is 0.124. The van der Waals surface area contributed by atoms with E-state index in [9.17, 15) is 4.79 Å². The highest BCUT2D eigenvalue weighted by atomic mass is 16.4. The SMILES string of the molecule is CCN1Cc2ccc(CC(=O)O)cc2C1. The predicted octanol–water partition coefficient (Wildman–Crippen LogP) is 1.65. The number of carboxylic acids is 1. The largest absolute Gasteiger partial charge is 0.481 e. The standard InChI is InChI=1S/C12H15NO2/c1-2-13-7-10-4-3-9(6-12(14)15)5-11(10)8-13/h3-5H,2,6-8H2,1H3,(H,14,15). The molecule has 0 amide bonds. The van der Waals surface area contributed by atoms with Crippen LogP contribution in [0.3, 0.4) is 0 Å². The van der Waals surface area contributed by atoms with E-state index in [1.165, 1.54) is 11.1 Å². The van der Waals surface area contributed by atoms with Gasteiger partial charge in [-0.25, -0.2) is 0 Å². The van der Waals surface area contributed by atoms with Crippen LogP contribution >= 0.6 is 0 Å². The first-order valence-corrected chi connectivity index (χ1v) is 5.24. The Labute approximate surface area is 89.3 Å². The zero-order chi connectivity index (χ0) is 10.8. The minimum absolute atomic E-state index is 0.124. The number of benzene rings is 1. The Bertz CT molecular complexity index is 387. The van der Waals surface area contributed by atoms with Crippen LogP contribution in [0.1, 0.15) is 23.6 Å². The van der Waals surface area contributed by atoms with Crippen molar-refractivity contribution in [3.63, 3.8) is 0 Å². The monoisotopic (exact) mass is 205 g/mol. The fraction of sp³-hybridized carbons (Fsp3) is 0.417. The van der Waals surface area contributed by atoms with Gasteiger partial charge in [0.15, 0.2) is 0 Å². The van der Waals surface area contributed by atoms with E-state index < -0.39 is 5.97 Å². The fourth-order valence-electron chi connectivity index (χ4n) is 2.03. The highest BCUT2D eigenvalue weighted by molar-refractivity contribution is 5.70. The topological polar surface area (TPSA) is 40.5 Å². The third kappa shape index (κ3) is 2.18. The predicted molar refractivity (Wildman–Crippen MR) is 57.6 cm³/mol. The van der Waals surface area contributed by atoms with Gasteiger partial charge in [-0.3, -0.25) is 9.69 Å². The van der Waals surface area contributed by atoms with Crippen molar-refractivity contribution in [1.29, 1.82) is 0 Å². The van der Waals surface area contributed by atoms with Crippen LogP contribution in [-0.4, -0.2) is 22.5 Å². The summed E-state index contributed by atoms with van der Waals surface area (Å²) in [6.45, 7) is 5.14. The molecular weight excluding hydrogens is 190 g/mol. The van der Waals surface area contributed by atoms with E-state index in [0.29, 0.717) is 0 Å².